The van der Waals surface area contributed by atoms with Gasteiger partial charge in [0.05, 0.1) is 34.4 Å². The molecular formula is C22H19ClN2O3. The van der Waals surface area contributed by atoms with Gasteiger partial charge in [-0.05, 0) is 36.6 Å². The van der Waals surface area contributed by atoms with Crippen LogP contribution in [0.2, 0.25) is 0 Å². The number of hydrogen-bond donors (Lipinski definition) is 0. The number of ether oxygens (including phenoxy) is 1. The van der Waals surface area contributed by atoms with Crippen LogP contribution in [0.5, 0.6) is 0 Å². The van der Waals surface area contributed by atoms with Gasteiger partial charge in [0.1, 0.15) is 6.61 Å². The van der Waals surface area contributed by atoms with Gasteiger partial charge in [-0.3, -0.25) is 9.59 Å². The molecule has 0 N–H and O–H groups in total. The summed E-state index contributed by atoms with van der Waals surface area (Å²) in [6.07, 6.45) is 0.562. The van der Waals surface area contributed by atoms with Crippen molar-refractivity contribution in [2.75, 3.05) is 0 Å². The van der Waals surface area contributed by atoms with Crippen molar-refractivity contribution in [3.05, 3.63) is 62.9 Å². The minimum absolute atomic E-state index is 0.0248. The number of esters is 1. The highest BCUT2D eigenvalue weighted by Gasteiger charge is 2.43. The summed E-state index contributed by atoms with van der Waals surface area (Å²) in [5.41, 5.74) is 4.78. The molecule has 0 saturated carbocycles. The molecule has 0 saturated heterocycles. The summed E-state index contributed by atoms with van der Waals surface area (Å²) in [6, 6.07) is 9.84. The van der Waals surface area contributed by atoms with E-state index in [1.807, 2.05) is 44.2 Å². The van der Waals surface area contributed by atoms with Crippen LogP contribution in [-0.4, -0.2) is 15.5 Å². The molecule has 2 aliphatic rings. The fraction of sp³-hybridized carbons (Fsp3) is 0.318. The number of hydrogen-bond acceptors (Lipinski definition) is 4. The average molecular weight is 395 g/mol. The van der Waals surface area contributed by atoms with Crippen molar-refractivity contribution in [1.82, 2.24) is 9.55 Å². The fourth-order valence-corrected chi connectivity index (χ4v) is 4.73. The molecule has 28 heavy (non-hydrogen) atoms. The maximum absolute atomic E-state index is 13.3. The zero-order valence-electron chi connectivity index (χ0n) is 15.7. The molecule has 0 aliphatic carbocycles. The summed E-state index contributed by atoms with van der Waals surface area (Å²) >= 11 is 6.31. The van der Waals surface area contributed by atoms with E-state index >= 15 is 0 Å². The number of cyclic esters (lactones) is 1. The first-order chi connectivity index (χ1) is 13.5. The van der Waals surface area contributed by atoms with Gasteiger partial charge in [0.15, 0.2) is 0 Å². The van der Waals surface area contributed by atoms with Crippen LogP contribution in [0.1, 0.15) is 42.5 Å². The highest BCUT2D eigenvalue weighted by molar-refractivity contribution is 6.18. The van der Waals surface area contributed by atoms with Gasteiger partial charge in [-0.25, -0.2) is 4.98 Å². The fourth-order valence-electron chi connectivity index (χ4n) is 4.43. The second kappa shape index (κ2) is 5.92. The first-order valence-electron chi connectivity index (χ1n) is 9.40. The Balaban J connectivity index is 1.84. The molecule has 2 aliphatic heterocycles. The van der Waals surface area contributed by atoms with Gasteiger partial charge < -0.3 is 9.30 Å². The second-order valence-electron chi connectivity index (χ2n) is 7.64. The van der Waals surface area contributed by atoms with Crippen LogP contribution in [0.4, 0.5) is 0 Å². The van der Waals surface area contributed by atoms with Crippen molar-refractivity contribution >= 4 is 28.5 Å². The second-order valence-corrected chi connectivity index (χ2v) is 7.91. The van der Waals surface area contributed by atoms with Crippen molar-refractivity contribution in [3.8, 4) is 11.4 Å². The number of rotatable bonds is 2. The number of nitrogens with zero attached hydrogens (tertiary/aromatic N) is 2. The molecule has 5 rings (SSSR count). The number of carbonyl (C=O) groups is 1. The minimum Gasteiger partial charge on any atom is -0.460 e. The van der Waals surface area contributed by atoms with E-state index in [0.717, 1.165) is 39.0 Å². The molecule has 0 unspecified atom stereocenters. The zero-order valence-corrected chi connectivity index (χ0v) is 16.5. The zero-order chi connectivity index (χ0) is 19.6. The Morgan fingerprint density at radius 2 is 2.04 bits per heavy atom. The Morgan fingerprint density at radius 1 is 1.25 bits per heavy atom. The smallest absolute Gasteiger partial charge is 0.316 e. The molecule has 1 aromatic carbocycles. The number of halogens is 1. The Labute approximate surface area is 166 Å². The normalized spacial score (nSPS) is 19.9. The summed E-state index contributed by atoms with van der Waals surface area (Å²) in [4.78, 5) is 30.6. The molecule has 4 heterocycles. The van der Waals surface area contributed by atoms with Crippen LogP contribution in [0.15, 0.2) is 35.1 Å². The molecule has 1 atom stereocenters. The maximum atomic E-state index is 13.3. The lowest BCUT2D eigenvalue weighted by Crippen LogP contribution is -2.42. The lowest BCUT2D eigenvalue weighted by molar-refractivity contribution is -0.153. The van der Waals surface area contributed by atoms with E-state index in [1.54, 1.807) is 4.57 Å². The molecule has 2 aromatic heterocycles. The van der Waals surface area contributed by atoms with E-state index in [-0.39, 0.29) is 18.1 Å². The van der Waals surface area contributed by atoms with Gasteiger partial charge >= 0.3 is 5.97 Å². The van der Waals surface area contributed by atoms with Gasteiger partial charge in [-0.1, -0.05) is 25.1 Å². The number of pyridine rings is 2. The van der Waals surface area contributed by atoms with E-state index in [4.69, 9.17) is 21.3 Å². The molecular weight excluding hydrogens is 376 g/mol. The SMILES string of the molecule is CC[C@@]1(C)C(=O)OCc2c1cc1n(c2=O)Cc2c-1nc1ccccc1c2CCl. The highest BCUT2D eigenvalue weighted by Crippen LogP contribution is 2.41. The van der Waals surface area contributed by atoms with E-state index in [1.165, 1.54) is 0 Å². The molecule has 0 amide bonds. The van der Waals surface area contributed by atoms with Crippen molar-refractivity contribution in [2.45, 2.75) is 44.7 Å². The van der Waals surface area contributed by atoms with Crippen LogP contribution in [0.3, 0.4) is 0 Å². The van der Waals surface area contributed by atoms with E-state index < -0.39 is 5.41 Å². The van der Waals surface area contributed by atoms with E-state index in [2.05, 4.69) is 0 Å². The number of aromatic nitrogens is 2. The maximum Gasteiger partial charge on any atom is 0.316 e. The van der Waals surface area contributed by atoms with Gasteiger partial charge in [0.2, 0.25) is 0 Å². The third kappa shape index (κ3) is 2.11. The van der Waals surface area contributed by atoms with E-state index in [0.29, 0.717) is 24.4 Å². The van der Waals surface area contributed by atoms with Gasteiger partial charge in [0, 0.05) is 16.8 Å². The van der Waals surface area contributed by atoms with Crippen LogP contribution >= 0.6 is 11.6 Å². The molecule has 0 bridgehead atoms. The Morgan fingerprint density at radius 3 is 2.79 bits per heavy atom. The Hall–Kier alpha value is -2.66. The van der Waals surface area contributed by atoms with Crippen molar-refractivity contribution in [3.63, 3.8) is 0 Å². The van der Waals surface area contributed by atoms with Gasteiger partial charge in [-0.15, -0.1) is 11.6 Å². The average Bonchev–Trinajstić information content (AvgIpc) is 3.08. The molecule has 0 spiro atoms. The van der Waals surface area contributed by atoms with Gasteiger partial charge in [0.25, 0.3) is 5.56 Å². The summed E-state index contributed by atoms with van der Waals surface area (Å²) in [7, 11) is 0. The predicted octanol–water partition coefficient (Wildman–Crippen LogP) is 3.89. The first-order valence-corrected chi connectivity index (χ1v) is 9.94. The summed E-state index contributed by atoms with van der Waals surface area (Å²) in [5, 5.41) is 1.01. The van der Waals surface area contributed by atoms with Crippen molar-refractivity contribution < 1.29 is 9.53 Å². The Kier molecular flexibility index (Phi) is 3.68. The number of benzene rings is 1. The van der Waals surface area contributed by atoms with Crippen LogP contribution in [0.25, 0.3) is 22.3 Å². The molecule has 6 heteroatoms. The standard InChI is InChI=1S/C22H19ClN2O3/c1-3-22(2)16-8-18-19-14(10-25(18)20(26)15(16)11-28-21(22)27)13(9-23)12-6-4-5-7-17(12)24-19/h4-8H,3,9-11H2,1-2H3/t22-/m1/s1. The van der Waals surface area contributed by atoms with Crippen molar-refractivity contribution in [2.24, 2.45) is 0 Å². The lowest BCUT2D eigenvalue weighted by atomic mass is 9.76. The molecule has 3 aromatic rings. The largest absolute Gasteiger partial charge is 0.460 e. The number of para-hydroxylation sites is 1. The predicted molar refractivity (Wildman–Crippen MR) is 108 cm³/mol. The topological polar surface area (TPSA) is 61.2 Å². The number of carbonyl (C=O) groups excluding carboxylic acids is 1. The number of alkyl halides is 1. The monoisotopic (exact) mass is 394 g/mol. The van der Waals surface area contributed by atoms with E-state index in [9.17, 15) is 9.59 Å². The quantitative estimate of drug-likeness (QED) is 0.382. The summed E-state index contributed by atoms with van der Waals surface area (Å²) in [5.74, 6) is 0.0697. The number of fused-ring (bicyclic) bond motifs is 5. The van der Waals surface area contributed by atoms with Crippen LogP contribution in [-0.2, 0) is 34.0 Å². The molecule has 142 valence electrons. The van der Waals surface area contributed by atoms with Crippen LogP contribution in [0, 0.1) is 0 Å². The third-order valence-corrected chi connectivity index (χ3v) is 6.57. The first kappa shape index (κ1) is 17.4. The van der Waals surface area contributed by atoms with Crippen LogP contribution < -0.4 is 5.56 Å². The molecule has 0 radical (unpaired) electrons. The molecule has 0 fully saturated rings. The van der Waals surface area contributed by atoms with Gasteiger partial charge in [-0.2, -0.15) is 0 Å². The van der Waals surface area contributed by atoms with Crippen molar-refractivity contribution in [1.29, 1.82) is 0 Å². The molecule has 5 nitrogen and oxygen atoms in total. The summed E-state index contributed by atoms with van der Waals surface area (Å²) in [6.45, 7) is 4.24. The third-order valence-electron chi connectivity index (χ3n) is 6.30. The minimum atomic E-state index is -0.822. The Bertz CT molecular complexity index is 1230. The lowest BCUT2D eigenvalue weighted by Gasteiger charge is -2.33. The highest BCUT2D eigenvalue weighted by atomic mass is 35.5. The summed E-state index contributed by atoms with van der Waals surface area (Å²) < 4.78 is 7.08.